The highest BCUT2D eigenvalue weighted by molar-refractivity contribution is 6.05. The van der Waals surface area contributed by atoms with E-state index in [1.807, 2.05) is 6.07 Å². The van der Waals surface area contributed by atoms with Crippen molar-refractivity contribution < 1.29 is 9.59 Å². The standard InChI is InChI=1S/C21H30N2O2/c1-3-4-5-6-11-22-13-15-7-8-16-14(2)12-18-17(20(16)21(15)25)9-10-19(24)23-18/h12,15,22H,3-11,13H2,1-2H3,(H,23,24). The highest BCUT2D eigenvalue weighted by Crippen LogP contribution is 2.36. The van der Waals surface area contributed by atoms with E-state index in [1.165, 1.54) is 31.2 Å². The second-order valence-corrected chi connectivity index (χ2v) is 7.49. The molecule has 0 bridgehead atoms. The predicted molar refractivity (Wildman–Crippen MR) is 101 cm³/mol. The summed E-state index contributed by atoms with van der Waals surface area (Å²) in [6, 6.07) is 2.05. The Morgan fingerprint density at radius 2 is 1.96 bits per heavy atom. The average Bonchev–Trinajstić information content (AvgIpc) is 2.59. The molecule has 136 valence electrons. The molecule has 1 heterocycles. The monoisotopic (exact) mass is 342 g/mol. The third kappa shape index (κ3) is 3.95. The van der Waals surface area contributed by atoms with Crippen molar-refractivity contribution in [3.05, 3.63) is 28.3 Å². The Morgan fingerprint density at radius 1 is 1.12 bits per heavy atom. The van der Waals surface area contributed by atoms with Crippen LogP contribution >= 0.6 is 0 Å². The minimum Gasteiger partial charge on any atom is -0.326 e. The zero-order valence-electron chi connectivity index (χ0n) is 15.5. The number of ketones is 1. The lowest BCUT2D eigenvalue weighted by Gasteiger charge is -2.30. The summed E-state index contributed by atoms with van der Waals surface area (Å²) in [6.07, 6.45) is 8.05. The van der Waals surface area contributed by atoms with Crippen LogP contribution in [0.2, 0.25) is 0 Å². The highest BCUT2D eigenvalue weighted by Gasteiger charge is 2.33. The van der Waals surface area contributed by atoms with Crippen LogP contribution in [-0.2, 0) is 17.6 Å². The predicted octanol–water partition coefficient (Wildman–Crippen LogP) is 3.79. The Balaban J connectivity index is 1.70. The molecule has 0 aromatic heterocycles. The third-order valence-corrected chi connectivity index (χ3v) is 5.60. The van der Waals surface area contributed by atoms with E-state index >= 15 is 0 Å². The molecule has 0 fully saturated rings. The van der Waals surface area contributed by atoms with E-state index in [0.717, 1.165) is 48.3 Å². The van der Waals surface area contributed by atoms with Gasteiger partial charge >= 0.3 is 0 Å². The molecule has 3 rings (SSSR count). The molecule has 1 aliphatic carbocycles. The van der Waals surface area contributed by atoms with E-state index in [0.29, 0.717) is 12.8 Å². The fraction of sp³-hybridized carbons (Fsp3) is 0.619. The van der Waals surface area contributed by atoms with Crippen molar-refractivity contribution in [3.8, 4) is 0 Å². The van der Waals surface area contributed by atoms with Gasteiger partial charge < -0.3 is 10.6 Å². The van der Waals surface area contributed by atoms with Crippen molar-refractivity contribution in [1.82, 2.24) is 5.32 Å². The van der Waals surface area contributed by atoms with Gasteiger partial charge in [-0.1, -0.05) is 26.2 Å². The molecule has 0 saturated heterocycles. The molecular weight excluding hydrogens is 312 g/mol. The summed E-state index contributed by atoms with van der Waals surface area (Å²) in [5.41, 5.74) is 5.18. The number of hydrogen-bond donors (Lipinski definition) is 2. The van der Waals surface area contributed by atoms with Crippen molar-refractivity contribution in [2.75, 3.05) is 18.4 Å². The van der Waals surface area contributed by atoms with Gasteiger partial charge in [0.1, 0.15) is 0 Å². The molecule has 1 amide bonds. The van der Waals surface area contributed by atoms with Crippen LogP contribution in [0.1, 0.15) is 72.5 Å². The van der Waals surface area contributed by atoms with Gasteiger partial charge in [-0.2, -0.15) is 0 Å². The second-order valence-electron chi connectivity index (χ2n) is 7.49. The molecule has 1 aliphatic heterocycles. The van der Waals surface area contributed by atoms with Gasteiger partial charge in [-0.25, -0.2) is 0 Å². The topological polar surface area (TPSA) is 58.2 Å². The Hall–Kier alpha value is -1.68. The number of amides is 1. The summed E-state index contributed by atoms with van der Waals surface area (Å²) < 4.78 is 0. The van der Waals surface area contributed by atoms with Crippen LogP contribution in [0.25, 0.3) is 0 Å². The maximum absolute atomic E-state index is 13.1. The average molecular weight is 342 g/mol. The lowest BCUT2D eigenvalue weighted by Crippen LogP contribution is -2.35. The summed E-state index contributed by atoms with van der Waals surface area (Å²) in [7, 11) is 0. The molecule has 1 aromatic carbocycles. The molecule has 2 aliphatic rings. The zero-order chi connectivity index (χ0) is 17.8. The van der Waals surface area contributed by atoms with E-state index in [-0.39, 0.29) is 17.6 Å². The highest BCUT2D eigenvalue weighted by atomic mass is 16.1. The molecule has 0 radical (unpaired) electrons. The SMILES string of the molecule is CCCCCCNCC1CCc2c(C)cc3c(c2C1=O)CCC(=O)N3. The van der Waals surface area contributed by atoms with Gasteiger partial charge in [0.2, 0.25) is 5.91 Å². The Bertz CT molecular complexity index is 666. The van der Waals surface area contributed by atoms with Crippen molar-refractivity contribution >= 4 is 17.4 Å². The Morgan fingerprint density at radius 3 is 2.76 bits per heavy atom. The molecule has 4 heteroatoms. The van der Waals surface area contributed by atoms with Gasteiger partial charge in [-0.05, 0) is 61.9 Å². The van der Waals surface area contributed by atoms with Crippen molar-refractivity contribution in [3.63, 3.8) is 0 Å². The maximum atomic E-state index is 13.1. The van der Waals surface area contributed by atoms with Gasteiger partial charge in [0.25, 0.3) is 0 Å². The summed E-state index contributed by atoms with van der Waals surface area (Å²) in [6.45, 7) is 6.05. The lowest BCUT2D eigenvalue weighted by molar-refractivity contribution is -0.116. The van der Waals surface area contributed by atoms with Crippen LogP contribution in [0.4, 0.5) is 5.69 Å². The number of carbonyl (C=O) groups excluding carboxylic acids is 2. The Labute approximate surface area is 150 Å². The zero-order valence-corrected chi connectivity index (χ0v) is 15.5. The van der Waals surface area contributed by atoms with E-state index < -0.39 is 0 Å². The van der Waals surface area contributed by atoms with Crippen LogP contribution in [0.15, 0.2) is 6.07 Å². The van der Waals surface area contributed by atoms with Gasteiger partial charge in [0.15, 0.2) is 5.78 Å². The third-order valence-electron chi connectivity index (χ3n) is 5.60. The van der Waals surface area contributed by atoms with E-state index in [4.69, 9.17) is 0 Å². The molecule has 1 unspecified atom stereocenters. The molecule has 25 heavy (non-hydrogen) atoms. The number of rotatable bonds is 7. The first kappa shape index (κ1) is 18.1. The molecule has 0 saturated carbocycles. The lowest BCUT2D eigenvalue weighted by atomic mass is 9.77. The number of nitrogens with one attached hydrogen (secondary N) is 2. The van der Waals surface area contributed by atoms with E-state index in [2.05, 4.69) is 24.5 Å². The van der Waals surface area contributed by atoms with Crippen molar-refractivity contribution in [2.45, 2.75) is 65.2 Å². The number of carbonyl (C=O) groups is 2. The number of hydrogen-bond acceptors (Lipinski definition) is 3. The summed E-state index contributed by atoms with van der Waals surface area (Å²) in [4.78, 5) is 24.8. The van der Waals surface area contributed by atoms with E-state index in [1.54, 1.807) is 0 Å². The fourth-order valence-electron chi connectivity index (χ4n) is 4.15. The number of Topliss-reactive ketones (excluding diaryl/α,β-unsaturated/α-hetero) is 1. The fourth-order valence-corrected chi connectivity index (χ4v) is 4.15. The number of unbranched alkanes of at least 4 members (excludes halogenated alkanes) is 3. The first-order chi connectivity index (χ1) is 12.1. The second kappa shape index (κ2) is 8.13. The van der Waals surface area contributed by atoms with Crippen molar-refractivity contribution in [2.24, 2.45) is 5.92 Å². The largest absolute Gasteiger partial charge is 0.326 e. The summed E-state index contributed by atoms with van der Waals surface area (Å²) in [5, 5.41) is 6.44. The molecule has 1 aromatic rings. The number of benzene rings is 1. The van der Waals surface area contributed by atoms with Crippen LogP contribution in [0, 0.1) is 12.8 Å². The molecule has 1 atom stereocenters. The number of fused-ring (bicyclic) bond motifs is 3. The molecule has 2 N–H and O–H groups in total. The quantitative estimate of drug-likeness (QED) is 0.741. The van der Waals surface area contributed by atoms with E-state index in [9.17, 15) is 9.59 Å². The Kier molecular flexibility index (Phi) is 5.89. The first-order valence-electron chi connectivity index (χ1n) is 9.82. The van der Waals surface area contributed by atoms with Crippen LogP contribution < -0.4 is 10.6 Å². The molecular formula is C21H30N2O2. The first-order valence-corrected chi connectivity index (χ1v) is 9.82. The van der Waals surface area contributed by atoms with Crippen molar-refractivity contribution in [1.29, 1.82) is 0 Å². The number of anilines is 1. The van der Waals surface area contributed by atoms with Crippen LogP contribution in [0.5, 0.6) is 0 Å². The van der Waals surface area contributed by atoms with Gasteiger partial charge in [0, 0.05) is 30.1 Å². The number of aryl methyl sites for hydroxylation is 1. The van der Waals surface area contributed by atoms with Crippen LogP contribution in [0.3, 0.4) is 0 Å². The normalized spacial score (nSPS) is 19.4. The van der Waals surface area contributed by atoms with Gasteiger partial charge in [0.05, 0.1) is 0 Å². The van der Waals surface area contributed by atoms with Crippen LogP contribution in [-0.4, -0.2) is 24.8 Å². The molecule has 0 spiro atoms. The maximum Gasteiger partial charge on any atom is 0.224 e. The summed E-state index contributed by atoms with van der Waals surface area (Å²) >= 11 is 0. The van der Waals surface area contributed by atoms with Gasteiger partial charge in [-0.15, -0.1) is 0 Å². The smallest absolute Gasteiger partial charge is 0.224 e. The minimum atomic E-state index is 0.0559. The summed E-state index contributed by atoms with van der Waals surface area (Å²) in [5.74, 6) is 0.404. The molecule has 4 nitrogen and oxygen atoms in total. The van der Waals surface area contributed by atoms with Gasteiger partial charge in [-0.3, -0.25) is 9.59 Å². The minimum absolute atomic E-state index is 0.0559.